The summed E-state index contributed by atoms with van der Waals surface area (Å²) in [4.78, 5) is 25.2. The Hall–Kier alpha value is -1.10. The van der Waals surface area contributed by atoms with Crippen LogP contribution < -0.4 is 5.32 Å². The van der Waals surface area contributed by atoms with Crippen molar-refractivity contribution in [3.8, 4) is 0 Å². The molecule has 2 N–H and O–H groups in total. The maximum atomic E-state index is 12.1. The van der Waals surface area contributed by atoms with Gasteiger partial charge in [0.15, 0.2) is 0 Å². The van der Waals surface area contributed by atoms with Crippen LogP contribution in [0.25, 0.3) is 0 Å². The molecule has 2 rings (SSSR count). The highest BCUT2D eigenvalue weighted by atomic mass is 16.4. The van der Waals surface area contributed by atoms with Crippen LogP contribution in [0.5, 0.6) is 0 Å². The first kappa shape index (κ1) is 14.3. The van der Waals surface area contributed by atoms with Crippen LogP contribution in [0.3, 0.4) is 0 Å². The molecule has 1 unspecified atom stereocenters. The van der Waals surface area contributed by atoms with Gasteiger partial charge in [-0.05, 0) is 37.6 Å². The minimum absolute atomic E-state index is 0.0319. The molecule has 5 nitrogen and oxygen atoms in total. The van der Waals surface area contributed by atoms with Gasteiger partial charge in [0.05, 0.1) is 12.0 Å². The molecule has 1 saturated carbocycles. The minimum atomic E-state index is -0.774. The Morgan fingerprint density at radius 2 is 2.11 bits per heavy atom. The van der Waals surface area contributed by atoms with Crippen LogP contribution in [0.4, 0.5) is 0 Å². The summed E-state index contributed by atoms with van der Waals surface area (Å²) in [5, 5.41) is 12.6. The van der Waals surface area contributed by atoms with E-state index in [9.17, 15) is 14.7 Å². The molecule has 1 amide bonds. The smallest absolute Gasteiger partial charge is 0.311 e. The number of carboxylic acids is 1. The van der Waals surface area contributed by atoms with Crippen LogP contribution >= 0.6 is 0 Å². The molecule has 1 heterocycles. The fourth-order valence-electron chi connectivity index (χ4n) is 2.76. The van der Waals surface area contributed by atoms with E-state index in [-0.39, 0.29) is 11.8 Å². The Morgan fingerprint density at radius 1 is 1.42 bits per heavy atom. The number of amides is 1. The summed E-state index contributed by atoms with van der Waals surface area (Å²) in [6, 6.07) is 0. The average molecular weight is 268 g/mol. The number of carboxylic acid groups (broad SMARTS) is 1. The Bertz CT molecular complexity index is 366. The average Bonchev–Trinajstić information content (AvgIpc) is 3.04. The van der Waals surface area contributed by atoms with Gasteiger partial charge in [0.25, 0.3) is 0 Å². The molecule has 1 aliphatic carbocycles. The van der Waals surface area contributed by atoms with Gasteiger partial charge in [-0.1, -0.05) is 13.8 Å². The van der Waals surface area contributed by atoms with E-state index in [0.717, 1.165) is 12.5 Å². The largest absolute Gasteiger partial charge is 0.481 e. The summed E-state index contributed by atoms with van der Waals surface area (Å²) in [6.45, 7) is 6.01. The summed E-state index contributed by atoms with van der Waals surface area (Å²) in [6.07, 6.45) is 3.09. The summed E-state index contributed by atoms with van der Waals surface area (Å²) in [5.74, 6) is 0.0514. The van der Waals surface area contributed by atoms with E-state index in [1.54, 1.807) is 4.90 Å². The van der Waals surface area contributed by atoms with E-state index in [2.05, 4.69) is 5.32 Å². The molecule has 108 valence electrons. The van der Waals surface area contributed by atoms with Crippen molar-refractivity contribution in [3.05, 3.63) is 0 Å². The van der Waals surface area contributed by atoms with Crippen molar-refractivity contribution in [3.63, 3.8) is 0 Å². The predicted octanol–water partition coefficient (Wildman–Crippen LogP) is 0.945. The van der Waals surface area contributed by atoms with E-state index in [0.29, 0.717) is 26.1 Å². The van der Waals surface area contributed by atoms with Crippen LogP contribution in [-0.4, -0.2) is 48.1 Å². The molecule has 0 radical (unpaired) electrons. The van der Waals surface area contributed by atoms with Gasteiger partial charge in [0, 0.05) is 13.1 Å². The highest BCUT2D eigenvalue weighted by molar-refractivity contribution is 5.82. The zero-order chi connectivity index (χ0) is 14.0. The van der Waals surface area contributed by atoms with Gasteiger partial charge in [-0.25, -0.2) is 0 Å². The summed E-state index contributed by atoms with van der Waals surface area (Å²) >= 11 is 0. The summed E-state index contributed by atoms with van der Waals surface area (Å²) in [7, 11) is 0. The molecule has 2 fully saturated rings. The van der Waals surface area contributed by atoms with E-state index in [4.69, 9.17) is 0 Å². The molecule has 2 aliphatic rings. The first-order valence-electron chi connectivity index (χ1n) is 7.17. The quantitative estimate of drug-likeness (QED) is 0.752. The molecule has 1 saturated heterocycles. The Morgan fingerprint density at radius 3 is 2.58 bits per heavy atom. The second kappa shape index (κ2) is 5.49. The maximum Gasteiger partial charge on any atom is 0.311 e. The first-order chi connectivity index (χ1) is 8.95. The Kier molecular flexibility index (Phi) is 4.13. The molecule has 1 atom stereocenters. The van der Waals surface area contributed by atoms with Crippen LogP contribution in [0, 0.1) is 17.3 Å². The molecular weight excluding hydrogens is 244 g/mol. The lowest BCUT2D eigenvalue weighted by Crippen LogP contribution is -2.43. The van der Waals surface area contributed by atoms with E-state index >= 15 is 0 Å². The van der Waals surface area contributed by atoms with Gasteiger partial charge in [0.1, 0.15) is 0 Å². The van der Waals surface area contributed by atoms with E-state index in [1.165, 1.54) is 12.8 Å². The van der Waals surface area contributed by atoms with Crippen LogP contribution in [0.2, 0.25) is 0 Å². The van der Waals surface area contributed by atoms with Gasteiger partial charge in [-0.3, -0.25) is 9.59 Å². The Labute approximate surface area is 114 Å². The van der Waals surface area contributed by atoms with Crippen molar-refractivity contribution >= 4 is 11.9 Å². The third-order valence-corrected chi connectivity index (χ3v) is 4.59. The van der Waals surface area contributed by atoms with Crippen molar-refractivity contribution in [2.45, 2.75) is 33.1 Å². The molecule has 0 bridgehead atoms. The number of hydrogen-bond donors (Lipinski definition) is 2. The molecule has 0 aromatic heterocycles. The Balaban J connectivity index is 1.85. The van der Waals surface area contributed by atoms with Crippen LogP contribution in [0.1, 0.15) is 33.1 Å². The monoisotopic (exact) mass is 268 g/mol. The first-order valence-corrected chi connectivity index (χ1v) is 7.17. The lowest BCUT2D eigenvalue weighted by molar-refractivity contribution is -0.151. The molecule has 0 spiro atoms. The molecular formula is C14H24N2O3. The number of likely N-dealkylation sites (tertiary alicyclic amines) is 1. The highest BCUT2D eigenvalue weighted by Crippen LogP contribution is 2.38. The number of nitrogens with one attached hydrogen (secondary N) is 1. The van der Waals surface area contributed by atoms with Gasteiger partial charge >= 0.3 is 5.97 Å². The van der Waals surface area contributed by atoms with Crippen molar-refractivity contribution in [1.29, 1.82) is 0 Å². The third-order valence-electron chi connectivity index (χ3n) is 4.59. The lowest BCUT2D eigenvalue weighted by Gasteiger charge is -2.28. The summed E-state index contributed by atoms with van der Waals surface area (Å²) < 4.78 is 0. The summed E-state index contributed by atoms with van der Waals surface area (Å²) in [5.41, 5.74) is -0.758. The third kappa shape index (κ3) is 3.08. The maximum absolute atomic E-state index is 12.1. The number of carbonyl (C=O) groups is 2. The molecule has 5 heteroatoms. The molecule has 0 aromatic carbocycles. The molecule has 1 aliphatic heterocycles. The zero-order valence-corrected chi connectivity index (χ0v) is 11.8. The number of nitrogens with zero attached hydrogens (tertiary/aromatic N) is 1. The number of carbonyl (C=O) groups excluding carboxylic acids is 1. The topological polar surface area (TPSA) is 69.6 Å². The van der Waals surface area contributed by atoms with Crippen molar-refractivity contribution < 1.29 is 14.7 Å². The van der Waals surface area contributed by atoms with E-state index in [1.807, 2.05) is 13.8 Å². The molecule has 19 heavy (non-hydrogen) atoms. The van der Waals surface area contributed by atoms with Gasteiger partial charge in [-0.2, -0.15) is 0 Å². The van der Waals surface area contributed by atoms with Crippen molar-refractivity contribution in [2.75, 3.05) is 26.2 Å². The van der Waals surface area contributed by atoms with Crippen molar-refractivity contribution in [2.24, 2.45) is 17.3 Å². The normalized spacial score (nSPS) is 27.0. The number of hydrogen-bond acceptors (Lipinski definition) is 3. The highest BCUT2D eigenvalue weighted by Gasteiger charge is 2.48. The second-order valence-corrected chi connectivity index (χ2v) is 6.26. The second-order valence-electron chi connectivity index (χ2n) is 6.26. The number of rotatable bonds is 6. The predicted molar refractivity (Wildman–Crippen MR) is 71.7 cm³/mol. The van der Waals surface area contributed by atoms with Crippen molar-refractivity contribution in [1.82, 2.24) is 10.2 Å². The van der Waals surface area contributed by atoms with Gasteiger partial charge < -0.3 is 15.3 Å². The standard InChI is InChI=1S/C14H24N2O3/c1-10(2)14(13(18)19)5-6-16(9-14)12(17)8-15-7-11-3-4-11/h10-11,15H,3-9H2,1-2H3,(H,18,19). The fourth-order valence-corrected chi connectivity index (χ4v) is 2.76. The van der Waals surface area contributed by atoms with Gasteiger partial charge in [0.2, 0.25) is 5.91 Å². The lowest BCUT2D eigenvalue weighted by atomic mass is 9.76. The fraction of sp³-hybridized carbons (Fsp3) is 0.857. The van der Waals surface area contributed by atoms with Crippen LogP contribution in [-0.2, 0) is 9.59 Å². The minimum Gasteiger partial charge on any atom is -0.481 e. The van der Waals surface area contributed by atoms with E-state index < -0.39 is 11.4 Å². The zero-order valence-electron chi connectivity index (χ0n) is 11.8. The van der Waals surface area contributed by atoms with Gasteiger partial charge in [-0.15, -0.1) is 0 Å². The molecule has 0 aromatic rings. The van der Waals surface area contributed by atoms with Crippen LogP contribution in [0.15, 0.2) is 0 Å². The number of aliphatic carboxylic acids is 1. The SMILES string of the molecule is CC(C)C1(C(=O)O)CCN(C(=O)CNCC2CC2)C1.